The highest BCUT2D eigenvalue weighted by Crippen LogP contribution is 2.21. The van der Waals surface area contributed by atoms with Crippen LogP contribution >= 0.6 is 0 Å². The van der Waals surface area contributed by atoms with E-state index in [1.54, 1.807) is 12.3 Å². The van der Waals surface area contributed by atoms with Crippen molar-refractivity contribution < 1.29 is 4.79 Å². The van der Waals surface area contributed by atoms with Gasteiger partial charge in [0, 0.05) is 17.5 Å². The van der Waals surface area contributed by atoms with Crippen molar-refractivity contribution in [2.75, 3.05) is 5.43 Å². The first kappa shape index (κ1) is 15.7. The number of aryl methyl sites for hydroxylation is 1. The largest absolute Gasteiger partial charge is 0.319 e. The third-order valence-corrected chi connectivity index (χ3v) is 3.79. The summed E-state index contributed by atoms with van der Waals surface area (Å²) in [5.74, 6) is 1.21. The van der Waals surface area contributed by atoms with Crippen molar-refractivity contribution in [1.82, 2.24) is 20.0 Å². The number of carbonyl (C=O) groups is 1. The van der Waals surface area contributed by atoms with E-state index in [0.29, 0.717) is 5.82 Å². The first-order valence-corrected chi connectivity index (χ1v) is 7.70. The van der Waals surface area contributed by atoms with Gasteiger partial charge in [-0.05, 0) is 26.0 Å². The summed E-state index contributed by atoms with van der Waals surface area (Å²) < 4.78 is 1.92. The molecule has 0 fully saturated rings. The molecule has 0 bridgehead atoms. The van der Waals surface area contributed by atoms with Crippen LogP contribution in [0.3, 0.4) is 0 Å². The van der Waals surface area contributed by atoms with Crippen molar-refractivity contribution in [2.24, 2.45) is 0 Å². The summed E-state index contributed by atoms with van der Waals surface area (Å²) in [6, 6.07) is 15.3. The molecule has 0 spiro atoms. The lowest BCUT2D eigenvalue weighted by Gasteiger charge is -2.12. The molecule has 0 saturated carbocycles. The number of carbonyl (C=O) groups excluding carboxylic acids is 1. The molecule has 24 heavy (non-hydrogen) atoms. The fourth-order valence-electron chi connectivity index (χ4n) is 2.41. The Morgan fingerprint density at radius 1 is 1.08 bits per heavy atom. The number of benzene rings is 1. The maximum atomic E-state index is 12.3. The molecule has 2 N–H and O–H groups in total. The van der Waals surface area contributed by atoms with Crippen molar-refractivity contribution >= 4 is 11.7 Å². The molecule has 6 heteroatoms. The van der Waals surface area contributed by atoms with Gasteiger partial charge in [-0.25, -0.2) is 9.97 Å². The lowest BCUT2D eigenvalue weighted by molar-refractivity contribution is -0.121. The van der Waals surface area contributed by atoms with Crippen molar-refractivity contribution in [3.63, 3.8) is 0 Å². The Morgan fingerprint density at radius 3 is 2.54 bits per heavy atom. The number of nitrogens with zero attached hydrogens (tertiary/aromatic N) is 3. The number of pyridine rings is 1. The molecule has 0 atom stereocenters. The van der Waals surface area contributed by atoms with Gasteiger partial charge in [-0.1, -0.05) is 36.4 Å². The number of anilines is 1. The predicted molar refractivity (Wildman–Crippen MR) is 93.1 cm³/mol. The summed E-state index contributed by atoms with van der Waals surface area (Å²) in [6.07, 6.45) is 1.66. The van der Waals surface area contributed by atoms with Crippen LogP contribution in [0, 0.1) is 13.8 Å². The minimum atomic E-state index is -0.168. The molecule has 3 aromatic rings. The van der Waals surface area contributed by atoms with Gasteiger partial charge < -0.3 is 4.57 Å². The highest BCUT2D eigenvalue weighted by Gasteiger charge is 2.15. The lowest BCUT2D eigenvalue weighted by Crippen LogP contribution is -2.33. The van der Waals surface area contributed by atoms with Gasteiger partial charge in [0.15, 0.2) is 0 Å². The zero-order valence-corrected chi connectivity index (χ0v) is 13.7. The van der Waals surface area contributed by atoms with Crippen LogP contribution < -0.4 is 10.9 Å². The number of hydrazine groups is 1. The van der Waals surface area contributed by atoms with Gasteiger partial charge in [0.1, 0.15) is 18.2 Å². The highest BCUT2D eigenvalue weighted by molar-refractivity contribution is 5.78. The Kier molecular flexibility index (Phi) is 4.56. The molecule has 0 saturated heterocycles. The van der Waals surface area contributed by atoms with Gasteiger partial charge in [-0.2, -0.15) is 0 Å². The Labute approximate surface area is 140 Å². The minimum absolute atomic E-state index is 0.168. The van der Waals surface area contributed by atoms with Gasteiger partial charge >= 0.3 is 0 Å². The topological polar surface area (TPSA) is 71.8 Å². The zero-order chi connectivity index (χ0) is 16.9. The van der Waals surface area contributed by atoms with Crippen molar-refractivity contribution in [3.05, 3.63) is 66.1 Å². The second-order valence-corrected chi connectivity index (χ2v) is 5.45. The van der Waals surface area contributed by atoms with Crippen LogP contribution in [0.15, 0.2) is 54.7 Å². The quantitative estimate of drug-likeness (QED) is 0.709. The van der Waals surface area contributed by atoms with Gasteiger partial charge in [0.25, 0.3) is 5.91 Å². The predicted octanol–water partition coefficient (Wildman–Crippen LogP) is 2.71. The van der Waals surface area contributed by atoms with Gasteiger partial charge in [-0.3, -0.25) is 15.6 Å². The normalized spacial score (nSPS) is 10.4. The van der Waals surface area contributed by atoms with Crippen LogP contribution in [0.1, 0.15) is 11.4 Å². The van der Waals surface area contributed by atoms with Crippen LogP contribution in [0.4, 0.5) is 5.82 Å². The Balaban J connectivity index is 1.76. The van der Waals surface area contributed by atoms with Gasteiger partial charge in [0.2, 0.25) is 0 Å². The maximum absolute atomic E-state index is 12.3. The standard InChI is InChI=1S/C18H19N5O/c1-13-14(2)23(18(20-13)15-8-4-3-5-9-15)12-17(24)22-21-16-10-6-7-11-19-16/h3-11H,12H2,1-2H3,(H,19,21)(H,22,24). The molecular formula is C18H19N5O. The number of nitrogens with one attached hydrogen (secondary N) is 2. The SMILES string of the molecule is Cc1nc(-c2ccccc2)n(CC(=O)NNc2ccccn2)c1C. The van der Waals surface area contributed by atoms with Crippen LogP contribution in [0.25, 0.3) is 11.4 Å². The van der Waals surface area contributed by atoms with E-state index < -0.39 is 0 Å². The summed E-state index contributed by atoms with van der Waals surface area (Å²) in [7, 11) is 0. The fourth-order valence-corrected chi connectivity index (χ4v) is 2.41. The summed E-state index contributed by atoms with van der Waals surface area (Å²) >= 11 is 0. The number of imidazole rings is 1. The van der Waals surface area contributed by atoms with Crippen LogP contribution in [0.5, 0.6) is 0 Å². The van der Waals surface area contributed by atoms with Crippen LogP contribution in [-0.4, -0.2) is 20.4 Å². The number of hydrogen-bond acceptors (Lipinski definition) is 4. The van der Waals surface area contributed by atoms with E-state index in [4.69, 9.17) is 0 Å². The van der Waals surface area contributed by atoms with Crippen LogP contribution in [0.2, 0.25) is 0 Å². The zero-order valence-electron chi connectivity index (χ0n) is 13.7. The van der Waals surface area contributed by atoms with E-state index in [-0.39, 0.29) is 12.5 Å². The van der Waals surface area contributed by atoms with E-state index >= 15 is 0 Å². The summed E-state index contributed by atoms with van der Waals surface area (Å²) in [5, 5.41) is 0. The van der Waals surface area contributed by atoms with Crippen molar-refractivity contribution in [2.45, 2.75) is 20.4 Å². The van der Waals surface area contributed by atoms with Crippen molar-refractivity contribution in [1.29, 1.82) is 0 Å². The van der Waals surface area contributed by atoms with E-state index in [0.717, 1.165) is 22.8 Å². The number of rotatable bonds is 5. The van der Waals surface area contributed by atoms with E-state index in [1.165, 1.54) is 0 Å². The van der Waals surface area contributed by atoms with E-state index in [9.17, 15) is 4.79 Å². The van der Waals surface area contributed by atoms with E-state index in [1.807, 2.05) is 60.9 Å². The molecule has 0 aliphatic heterocycles. The Bertz CT molecular complexity index is 827. The lowest BCUT2D eigenvalue weighted by atomic mass is 10.2. The molecule has 6 nitrogen and oxygen atoms in total. The minimum Gasteiger partial charge on any atom is -0.319 e. The molecule has 2 aromatic heterocycles. The summed E-state index contributed by atoms with van der Waals surface area (Å²) in [4.78, 5) is 21.0. The monoisotopic (exact) mass is 321 g/mol. The van der Waals surface area contributed by atoms with E-state index in [2.05, 4.69) is 20.8 Å². The molecule has 1 aromatic carbocycles. The molecule has 0 radical (unpaired) electrons. The number of hydrogen-bond donors (Lipinski definition) is 2. The average Bonchev–Trinajstić information content (AvgIpc) is 2.90. The maximum Gasteiger partial charge on any atom is 0.258 e. The third-order valence-electron chi connectivity index (χ3n) is 3.79. The smallest absolute Gasteiger partial charge is 0.258 e. The van der Waals surface area contributed by atoms with Crippen LogP contribution in [-0.2, 0) is 11.3 Å². The van der Waals surface area contributed by atoms with Gasteiger partial charge in [-0.15, -0.1) is 0 Å². The molecule has 0 unspecified atom stereocenters. The molecule has 122 valence electrons. The molecule has 3 rings (SSSR count). The Hall–Kier alpha value is -3.15. The second kappa shape index (κ2) is 6.95. The molecule has 1 amide bonds. The fraction of sp³-hybridized carbons (Fsp3) is 0.167. The molecule has 0 aliphatic carbocycles. The average molecular weight is 321 g/mol. The molecule has 2 heterocycles. The van der Waals surface area contributed by atoms with Crippen molar-refractivity contribution in [3.8, 4) is 11.4 Å². The third kappa shape index (κ3) is 3.43. The summed E-state index contributed by atoms with van der Waals surface area (Å²) in [5.41, 5.74) is 8.34. The highest BCUT2D eigenvalue weighted by atomic mass is 16.2. The summed E-state index contributed by atoms with van der Waals surface area (Å²) in [6.45, 7) is 4.09. The second-order valence-electron chi connectivity index (χ2n) is 5.45. The molecule has 0 aliphatic rings. The first-order valence-electron chi connectivity index (χ1n) is 7.70. The number of aromatic nitrogens is 3. The Morgan fingerprint density at radius 2 is 1.83 bits per heavy atom. The first-order chi connectivity index (χ1) is 11.6. The van der Waals surface area contributed by atoms with Gasteiger partial charge in [0.05, 0.1) is 5.69 Å². The molecular weight excluding hydrogens is 302 g/mol. The number of amides is 1.